The number of fused-ring (bicyclic) bond motifs is 1. The number of carbonyl (C=O) groups is 1. The van der Waals surface area contributed by atoms with Crippen molar-refractivity contribution in [2.75, 3.05) is 24.3 Å². The Labute approximate surface area is 123 Å². The van der Waals surface area contributed by atoms with Gasteiger partial charge in [0.15, 0.2) is 5.78 Å². The maximum absolute atomic E-state index is 11.7. The molecule has 0 aromatic heterocycles. The van der Waals surface area contributed by atoms with Crippen LogP contribution in [-0.2, 0) is 4.79 Å². The smallest absolute Gasteiger partial charge is 0.161 e. The monoisotopic (exact) mass is 286 g/mol. The van der Waals surface area contributed by atoms with Gasteiger partial charge in [0.2, 0.25) is 0 Å². The predicted molar refractivity (Wildman–Crippen MR) is 85.4 cm³/mol. The quantitative estimate of drug-likeness (QED) is 0.853. The molecule has 3 rings (SSSR count). The summed E-state index contributed by atoms with van der Waals surface area (Å²) in [4.78, 5) is 16.2. The second-order valence-electron chi connectivity index (χ2n) is 5.53. The Morgan fingerprint density at radius 1 is 1.25 bits per heavy atom. The molecular weight excluding hydrogens is 268 g/mol. The van der Waals surface area contributed by atoms with Gasteiger partial charge in [0.25, 0.3) is 0 Å². The summed E-state index contributed by atoms with van der Waals surface area (Å²) in [6, 6.07) is 4.37. The van der Waals surface area contributed by atoms with Crippen LogP contribution in [0.3, 0.4) is 0 Å². The van der Waals surface area contributed by atoms with Crippen molar-refractivity contribution in [3.05, 3.63) is 39.9 Å². The zero-order valence-corrected chi connectivity index (χ0v) is 13.0. The van der Waals surface area contributed by atoms with Crippen molar-refractivity contribution in [2.45, 2.75) is 25.2 Å². The number of ketones is 1. The van der Waals surface area contributed by atoms with E-state index in [9.17, 15) is 4.79 Å². The zero-order chi connectivity index (χ0) is 14.4. The first-order chi connectivity index (χ1) is 9.45. The van der Waals surface area contributed by atoms with Crippen LogP contribution < -0.4 is 10.2 Å². The molecule has 0 saturated carbocycles. The van der Waals surface area contributed by atoms with Crippen LogP contribution in [0.15, 0.2) is 39.3 Å². The van der Waals surface area contributed by atoms with Gasteiger partial charge in [-0.1, -0.05) is 11.8 Å². The molecule has 1 aliphatic heterocycles. The Bertz CT molecular complexity index is 671. The van der Waals surface area contributed by atoms with Gasteiger partial charge in [-0.2, -0.15) is 0 Å². The first kappa shape index (κ1) is 13.3. The molecule has 20 heavy (non-hydrogen) atoms. The summed E-state index contributed by atoms with van der Waals surface area (Å²) in [5, 5.41) is 3.52. The normalized spacial score (nSPS) is 17.2. The van der Waals surface area contributed by atoms with Crippen LogP contribution in [0.4, 0.5) is 11.4 Å². The first-order valence-corrected chi connectivity index (χ1v) is 7.49. The lowest BCUT2D eigenvalue weighted by molar-refractivity contribution is -0.114. The largest absolute Gasteiger partial charge is 0.378 e. The van der Waals surface area contributed by atoms with Gasteiger partial charge in [-0.25, -0.2) is 0 Å². The van der Waals surface area contributed by atoms with Crippen molar-refractivity contribution in [3.63, 3.8) is 0 Å². The molecule has 1 N–H and O–H groups in total. The van der Waals surface area contributed by atoms with Crippen LogP contribution in [0.25, 0.3) is 0 Å². The highest BCUT2D eigenvalue weighted by Gasteiger charge is 2.26. The fraction of sp³-hybridized carbons (Fsp3) is 0.312. The summed E-state index contributed by atoms with van der Waals surface area (Å²) >= 11 is 1.72. The zero-order valence-electron chi connectivity index (χ0n) is 12.2. The van der Waals surface area contributed by atoms with Gasteiger partial charge in [0, 0.05) is 36.0 Å². The van der Waals surface area contributed by atoms with E-state index in [0.717, 1.165) is 16.2 Å². The lowest BCUT2D eigenvalue weighted by Gasteiger charge is -2.29. The van der Waals surface area contributed by atoms with Crippen molar-refractivity contribution >= 4 is 28.9 Å². The summed E-state index contributed by atoms with van der Waals surface area (Å²) in [7, 11) is 4.09. The van der Waals surface area contributed by atoms with Gasteiger partial charge in [-0.05, 0) is 43.2 Å². The molecule has 1 aliphatic carbocycles. The predicted octanol–water partition coefficient (Wildman–Crippen LogP) is 3.71. The summed E-state index contributed by atoms with van der Waals surface area (Å²) in [5.41, 5.74) is 5.73. The molecule has 3 nitrogen and oxygen atoms in total. The minimum Gasteiger partial charge on any atom is -0.378 e. The van der Waals surface area contributed by atoms with Crippen LogP contribution in [0.5, 0.6) is 0 Å². The second-order valence-corrected chi connectivity index (χ2v) is 6.66. The minimum atomic E-state index is 0.194. The molecular formula is C16H18N2OS. The number of carbonyl (C=O) groups excluding carboxylic acids is 1. The number of rotatable bonds is 1. The van der Waals surface area contributed by atoms with E-state index in [1.54, 1.807) is 17.8 Å². The molecule has 0 bridgehead atoms. The van der Waals surface area contributed by atoms with Crippen LogP contribution in [-0.4, -0.2) is 19.9 Å². The highest BCUT2D eigenvalue weighted by atomic mass is 32.2. The Morgan fingerprint density at radius 3 is 2.70 bits per heavy atom. The molecule has 0 spiro atoms. The van der Waals surface area contributed by atoms with E-state index < -0.39 is 0 Å². The standard InChI is InChI=1S/C16H18N2OS/c1-9-5-11(18(3)4)7-13-15(9)17-16-10(2)6-12(19)8-14(16)20-13/h5-7,17H,8H2,1-4H3. The van der Waals surface area contributed by atoms with E-state index in [1.165, 1.54) is 21.8 Å². The fourth-order valence-electron chi connectivity index (χ4n) is 2.58. The topological polar surface area (TPSA) is 32.3 Å². The number of benzene rings is 1. The van der Waals surface area contributed by atoms with E-state index in [1.807, 2.05) is 21.0 Å². The molecule has 1 aromatic carbocycles. The molecule has 2 aliphatic rings. The molecule has 1 aromatic rings. The van der Waals surface area contributed by atoms with E-state index >= 15 is 0 Å². The van der Waals surface area contributed by atoms with E-state index in [0.29, 0.717) is 6.42 Å². The lowest BCUT2D eigenvalue weighted by Crippen LogP contribution is -2.17. The number of thioether (sulfide) groups is 1. The number of nitrogens with one attached hydrogen (secondary N) is 1. The van der Waals surface area contributed by atoms with Crippen LogP contribution in [0.2, 0.25) is 0 Å². The maximum atomic E-state index is 11.7. The van der Waals surface area contributed by atoms with Crippen LogP contribution in [0, 0.1) is 6.92 Å². The third-order valence-electron chi connectivity index (χ3n) is 3.67. The average molecular weight is 286 g/mol. The molecule has 0 unspecified atom stereocenters. The molecule has 1 heterocycles. The van der Waals surface area contributed by atoms with Gasteiger partial charge in [-0.3, -0.25) is 4.79 Å². The third-order valence-corrected chi connectivity index (χ3v) is 4.81. The van der Waals surface area contributed by atoms with Gasteiger partial charge in [0.1, 0.15) is 0 Å². The average Bonchev–Trinajstić information content (AvgIpc) is 2.36. The van der Waals surface area contributed by atoms with Crippen molar-refractivity contribution in [3.8, 4) is 0 Å². The highest BCUT2D eigenvalue weighted by Crippen LogP contribution is 2.47. The lowest BCUT2D eigenvalue weighted by atomic mass is 10.0. The summed E-state index contributed by atoms with van der Waals surface area (Å²) in [5.74, 6) is 0.194. The summed E-state index contributed by atoms with van der Waals surface area (Å²) in [6.45, 7) is 4.12. The Balaban J connectivity index is 2.06. The van der Waals surface area contributed by atoms with Gasteiger partial charge in [0.05, 0.1) is 11.4 Å². The molecule has 0 fully saturated rings. The Hall–Kier alpha value is -1.68. The van der Waals surface area contributed by atoms with Crippen molar-refractivity contribution < 1.29 is 4.79 Å². The van der Waals surface area contributed by atoms with Crippen LogP contribution in [0.1, 0.15) is 18.9 Å². The molecule has 0 amide bonds. The first-order valence-electron chi connectivity index (χ1n) is 6.67. The fourth-order valence-corrected chi connectivity index (χ4v) is 3.87. The van der Waals surface area contributed by atoms with Gasteiger partial charge < -0.3 is 10.2 Å². The number of allylic oxidation sites excluding steroid dienone is 3. The van der Waals surface area contributed by atoms with Crippen molar-refractivity contribution in [2.24, 2.45) is 0 Å². The molecule has 0 radical (unpaired) electrons. The minimum absolute atomic E-state index is 0.194. The maximum Gasteiger partial charge on any atom is 0.161 e. The number of hydrogen-bond donors (Lipinski definition) is 1. The molecule has 4 heteroatoms. The third kappa shape index (κ3) is 2.14. The van der Waals surface area contributed by atoms with Gasteiger partial charge in [-0.15, -0.1) is 0 Å². The molecule has 0 atom stereocenters. The number of anilines is 2. The number of nitrogens with zero attached hydrogens (tertiary/aromatic N) is 1. The van der Waals surface area contributed by atoms with Crippen molar-refractivity contribution in [1.29, 1.82) is 0 Å². The number of hydrogen-bond acceptors (Lipinski definition) is 4. The SMILES string of the molecule is CC1=CC(=O)CC2=C1Nc1c(C)cc(N(C)C)cc1S2. The summed E-state index contributed by atoms with van der Waals surface area (Å²) < 4.78 is 0. The van der Waals surface area contributed by atoms with E-state index in [4.69, 9.17) is 0 Å². The Morgan fingerprint density at radius 2 is 2.00 bits per heavy atom. The van der Waals surface area contributed by atoms with E-state index in [-0.39, 0.29) is 5.78 Å². The molecule has 104 valence electrons. The molecule has 0 saturated heterocycles. The van der Waals surface area contributed by atoms with Crippen LogP contribution >= 0.6 is 11.8 Å². The van der Waals surface area contributed by atoms with E-state index in [2.05, 4.69) is 29.3 Å². The summed E-state index contributed by atoms with van der Waals surface area (Å²) in [6.07, 6.45) is 2.25. The number of aryl methyl sites for hydroxylation is 1. The second kappa shape index (κ2) is 4.70. The Kier molecular flexibility index (Phi) is 3.13. The van der Waals surface area contributed by atoms with Crippen molar-refractivity contribution in [1.82, 2.24) is 0 Å². The highest BCUT2D eigenvalue weighted by molar-refractivity contribution is 8.03. The van der Waals surface area contributed by atoms with Gasteiger partial charge >= 0.3 is 0 Å².